The topological polar surface area (TPSA) is 82.7 Å². The lowest BCUT2D eigenvalue weighted by molar-refractivity contribution is -0.117. The number of aromatic nitrogens is 3. The maximum absolute atomic E-state index is 12.6. The molecule has 1 amide bonds. The molecule has 1 aromatic heterocycles. The Morgan fingerprint density at radius 2 is 1.92 bits per heavy atom. The van der Waals surface area contributed by atoms with E-state index in [0.29, 0.717) is 6.54 Å². The number of carbonyl (C=O) groups is 1. The van der Waals surface area contributed by atoms with Crippen molar-refractivity contribution in [2.24, 2.45) is 5.92 Å². The van der Waals surface area contributed by atoms with E-state index in [-0.39, 0.29) is 17.7 Å². The van der Waals surface area contributed by atoms with Gasteiger partial charge in [0.05, 0.1) is 11.4 Å². The number of H-pyrrole nitrogens is 1. The van der Waals surface area contributed by atoms with Crippen molar-refractivity contribution < 1.29 is 4.79 Å². The molecule has 1 aliphatic carbocycles. The molecule has 26 heavy (non-hydrogen) atoms. The summed E-state index contributed by atoms with van der Waals surface area (Å²) in [5.41, 5.74) is 4.20. The number of aromatic amines is 1. The lowest BCUT2D eigenvalue weighted by Crippen LogP contribution is -2.16. The second-order valence-electron chi connectivity index (χ2n) is 6.63. The first-order chi connectivity index (χ1) is 12.7. The molecule has 0 saturated heterocycles. The van der Waals surface area contributed by atoms with Crippen LogP contribution in [0.2, 0.25) is 0 Å². The molecule has 1 heterocycles. The van der Waals surface area contributed by atoms with Gasteiger partial charge in [-0.3, -0.25) is 9.89 Å². The van der Waals surface area contributed by atoms with Crippen LogP contribution in [0.15, 0.2) is 54.9 Å². The third-order valence-electron chi connectivity index (χ3n) is 4.83. The van der Waals surface area contributed by atoms with E-state index in [1.165, 1.54) is 17.5 Å². The Bertz CT molecular complexity index is 906. The van der Waals surface area contributed by atoms with Crippen molar-refractivity contribution in [3.05, 3.63) is 71.8 Å². The standard InChI is InChI=1S/C20H21N5O/c1-13-6-2-3-7-14(13)11-21-17-8-4-5-9-18(17)24-20(26)16-10-15(16)19-22-12-23-25-19/h2-9,12,15-16,21H,10-11H2,1H3,(H,24,26)(H,22,23,25). The van der Waals surface area contributed by atoms with E-state index in [0.717, 1.165) is 23.6 Å². The van der Waals surface area contributed by atoms with Crippen molar-refractivity contribution in [1.29, 1.82) is 0 Å². The second kappa shape index (κ2) is 7.00. The van der Waals surface area contributed by atoms with Gasteiger partial charge in [0, 0.05) is 18.4 Å². The molecule has 0 spiro atoms. The first-order valence-corrected chi connectivity index (χ1v) is 8.76. The fraction of sp³-hybridized carbons (Fsp3) is 0.250. The third kappa shape index (κ3) is 3.44. The van der Waals surface area contributed by atoms with Gasteiger partial charge in [-0.2, -0.15) is 5.10 Å². The van der Waals surface area contributed by atoms with Gasteiger partial charge in [-0.05, 0) is 36.6 Å². The maximum Gasteiger partial charge on any atom is 0.228 e. The summed E-state index contributed by atoms with van der Waals surface area (Å²) in [5.74, 6) is 0.907. The lowest BCUT2D eigenvalue weighted by atomic mass is 10.1. The van der Waals surface area contributed by atoms with E-state index in [1.54, 1.807) is 0 Å². The predicted octanol–water partition coefficient (Wildman–Crippen LogP) is 3.47. The molecule has 4 rings (SSSR count). The van der Waals surface area contributed by atoms with Crippen LogP contribution in [0.25, 0.3) is 0 Å². The van der Waals surface area contributed by atoms with Crippen LogP contribution in [0.5, 0.6) is 0 Å². The minimum atomic E-state index is -0.0487. The van der Waals surface area contributed by atoms with E-state index in [4.69, 9.17) is 0 Å². The summed E-state index contributed by atoms with van der Waals surface area (Å²) in [6.07, 6.45) is 2.28. The zero-order valence-electron chi connectivity index (χ0n) is 14.6. The average molecular weight is 347 g/mol. The summed E-state index contributed by atoms with van der Waals surface area (Å²) in [7, 11) is 0. The first-order valence-electron chi connectivity index (χ1n) is 8.76. The molecule has 0 aliphatic heterocycles. The van der Waals surface area contributed by atoms with Crippen molar-refractivity contribution in [3.8, 4) is 0 Å². The van der Waals surface area contributed by atoms with Gasteiger partial charge in [0.25, 0.3) is 0 Å². The number of benzene rings is 2. The van der Waals surface area contributed by atoms with E-state index in [2.05, 4.69) is 44.9 Å². The third-order valence-corrected chi connectivity index (χ3v) is 4.83. The number of amides is 1. The molecular formula is C20H21N5O. The Hall–Kier alpha value is -3.15. The molecule has 2 aromatic carbocycles. The zero-order valence-corrected chi connectivity index (χ0v) is 14.6. The number of para-hydroxylation sites is 2. The highest BCUT2D eigenvalue weighted by Crippen LogP contribution is 2.46. The Morgan fingerprint density at radius 3 is 2.69 bits per heavy atom. The number of hydrogen-bond donors (Lipinski definition) is 3. The summed E-state index contributed by atoms with van der Waals surface area (Å²) in [5, 5.41) is 13.2. The molecule has 1 saturated carbocycles. The number of nitrogens with zero attached hydrogens (tertiary/aromatic N) is 2. The van der Waals surface area contributed by atoms with Gasteiger partial charge >= 0.3 is 0 Å². The fourth-order valence-electron chi connectivity index (χ4n) is 3.15. The van der Waals surface area contributed by atoms with Gasteiger partial charge in [-0.25, -0.2) is 4.98 Å². The highest BCUT2D eigenvalue weighted by molar-refractivity contribution is 5.97. The second-order valence-corrected chi connectivity index (χ2v) is 6.63. The number of hydrogen-bond acceptors (Lipinski definition) is 4. The zero-order chi connectivity index (χ0) is 17.9. The molecule has 6 heteroatoms. The summed E-state index contributed by atoms with van der Waals surface area (Å²) in [6.45, 7) is 2.81. The molecule has 2 unspecified atom stereocenters. The van der Waals surface area contributed by atoms with Crippen molar-refractivity contribution in [3.63, 3.8) is 0 Å². The van der Waals surface area contributed by atoms with E-state index < -0.39 is 0 Å². The van der Waals surface area contributed by atoms with Gasteiger partial charge in [-0.1, -0.05) is 36.4 Å². The first kappa shape index (κ1) is 16.3. The summed E-state index contributed by atoms with van der Waals surface area (Å²) >= 11 is 0. The van der Waals surface area contributed by atoms with Gasteiger partial charge < -0.3 is 10.6 Å². The van der Waals surface area contributed by atoms with Crippen LogP contribution in [0.1, 0.15) is 29.3 Å². The van der Waals surface area contributed by atoms with Crippen LogP contribution in [0, 0.1) is 12.8 Å². The summed E-state index contributed by atoms with van der Waals surface area (Å²) < 4.78 is 0. The quantitative estimate of drug-likeness (QED) is 0.638. The molecule has 132 valence electrons. The largest absolute Gasteiger partial charge is 0.379 e. The van der Waals surface area contributed by atoms with Crippen LogP contribution in [0.4, 0.5) is 11.4 Å². The number of nitrogens with one attached hydrogen (secondary N) is 3. The molecule has 2 atom stereocenters. The number of aryl methyl sites for hydroxylation is 1. The molecule has 1 aliphatic rings. The van der Waals surface area contributed by atoms with Crippen LogP contribution in [-0.4, -0.2) is 21.1 Å². The van der Waals surface area contributed by atoms with Gasteiger partial charge in [-0.15, -0.1) is 0 Å². The Labute approximate surface area is 152 Å². The minimum absolute atomic E-state index is 0.0246. The smallest absolute Gasteiger partial charge is 0.228 e. The lowest BCUT2D eigenvalue weighted by Gasteiger charge is -2.14. The molecule has 0 radical (unpaired) electrons. The van der Waals surface area contributed by atoms with Gasteiger partial charge in [0.2, 0.25) is 5.91 Å². The van der Waals surface area contributed by atoms with Gasteiger partial charge in [0.1, 0.15) is 12.2 Å². The molecule has 6 nitrogen and oxygen atoms in total. The molecule has 3 aromatic rings. The Balaban J connectivity index is 1.41. The van der Waals surface area contributed by atoms with Gasteiger partial charge in [0.15, 0.2) is 0 Å². The van der Waals surface area contributed by atoms with Crippen LogP contribution < -0.4 is 10.6 Å². The number of anilines is 2. The fourth-order valence-corrected chi connectivity index (χ4v) is 3.15. The maximum atomic E-state index is 12.6. The van der Waals surface area contributed by atoms with Crippen LogP contribution in [0.3, 0.4) is 0 Å². The number of rotatable bonds is 6. The highest BCUT2D eigenvalue weighted by Gasteiger charge is 2.46. The van der Waals surface area contributed by atoms with Crippen molar-refractivity contribution in [1.82, 2.24) is 15.2 Å². The number of carbonyl (C=O) groups excluding carboxylic acids is 1. The van der Waals surface area contributed by atoms with E-state index in [9.17, 15) is 4.79 Å². The van der Waals surface area contributed by atoms with Crippen LogP contribution >= 0.6 is 0 Å². The minimum Gasteiger partial charge on any atom is -0.379 e. The molecular weight excluding hydrogens is 326 g/mol. The predicted molar refractivity (Wildman–Crippen MR) is 101 cm³/mol. The van der Waals surface area contributed by atoms with E-state index >= 15 is 0 Å². The normalized spacial score (nSPS) is 18.3. The SMILES string of the molecule is Cc1ccccc1CNc1ccccc1NC(=O)C1CC1c1ncn[nH]1. The average Bonchev–Trinajstić information content (AvgIpc) is 3.27. The van der Waals surface area contributed by atoms with Crippen molar-refractivity contribution in [2.45, 2.75) is 25.8 Å². The Kier molecular flexibility index (Phi) is 4.39. The monoisotopic (exact) mass is 347 g/mol. The highest BCUT2D eigenvalue weighted by atomic mass is 16.2. The Morgan fingerprint density at radius 1 is 1.15 bits per heavy atom. The van der Waals surface area contributed by atoms with Crippen molar-refractivity contribution >= 4 is 17.3 Å². The van der Waals surface area contributed by atoms with E-state index in [1.807, 2.05) is 36.4 Å². The molecule has 1 fully saturated rings. The molecule has 0 bridgehead atoms. The summed E-state index contributed by atoms with van der Waals surface area (Å²) in [4.78, 5) is 16.7. The van der Waals surface area contributed by atoms with Crippen LogP contribution in [-0.2, 0) is 11.3 Å². The van der Waals surface area contributed by atoms with Crippen molar-refractivity contribution in [2.75, 3.05) is 10.6 Å². The summed E-state index contributed by atoms with van der Waals surface area (Å²) in [6, 6.07) is 16.1. The molecule has 3 N–H and O–H groups in total.